The Morgan fingerprint density at radius 3 is 2.81 bits per heavy atom. The van der Waals surface area contributed by atoms with Gasteiger partial charge in [-0.15, -0.1) is 0 Å². The smallest absolute Gasteiger partial charge is 0.295 e. The molecule has 1 aromatic carbocycles. The van der Waals surface area contributed by atoms with Crippen molar-refractivity contribution < 1.29 is 14.4 Å². The first-order valence-electron chi connectivity index (χ1n) is 6.30. The highest BCUT2D eigenvalue weighted by molar-refractivity contribution is 5.63. The van der Waals surface area contributed by atoms with Gasteiger partial charge in [0.2, 0.25) is 0 Å². The normalized spacial score (nSPS) is 10.4. The van der Waals surface area contributed by atoms with E-state index in [0.29, 0.717) is 6.54 Å². The van der Waals surface area contributed by atoms with Crippen molar-refractivity contribution in [2.24, 2.45) is 0 Å². The molecule has 0 amide bonds. The second-order valence-corrected chi connectivity index (χ2v) is 4.40. The highest BCUT2D eigenvalue weighted by Gasteiger charge is 2.20. The van der Waals surface area contributed by atoms with Crippen LogP contribution in [0.2, 0.25) is 0 Å². The number of hydrogen-bond acceptors (Lipinski definition) is 5. The van der Waals surface area contributed by atoms with Gasteiger partial charge in [-0.25, -0.2) is 4.39 Å². The van der Waals surface area contributed by atoms with E-state index in [1.165, 1.54) is 6.07 Å². The van der Waals surface area contributed by atoms with Gasteiger partial charge >= 0.3 is 0 Å². The van der Waals surface area contributed by atoms with E-state index in [9.17, 15) is 14.5 Å². The molecule has 1 heterocycles. The Morgan fingerprint density at radius 1 is 1.38 bits per heavy atom. The van der Waals surface area contributed by atoms with Gasteiger partial charge in [-0.2, -0.15) is 0 Å². The molecule has 2 aromatic rings. The average molecular weight is 291 g/mol. The van der Waals surface area contributed by atoms with E-state index in [0.717, 1.165) is 17.7 Å². The van der Waals surface area contributed by atoms with Crippen molar-refractivity contribution in [2.75, 3.05) is 18.1 Å². The van der Waals surface area contributed by atoms with E-state index in [1.54, 1.807) is 23.4 Å². The summed E-state index contributed by atoms with van der Waals surface area (Å²) in [5.41, 5.74) is 0.774. The fourth-order valence-electron chi connectivity index (χ4n) is 2.03. The third-order valence-electron chi connectivity index (χ3n) is 2.94. The topological polar surface area (TPSA) is 79.5 Å². The molecule has 7 heteroatoms. The van der Waals surface area contributed by atoms with Crippen LogP contribution in [0.4, 0.5) is 15.8 Å². The Labute approximate surface area is 120 Å². The number of halogens is 1. The quantitative estimate of drug-likeness (QED) is 0.651. The van der Waals surface area contributed by atoms with Crippen molar-refractivity contribution >= 4 is 11.4 Å². The van der Waals surface area contributed by atoms with Gasteiger partial charge in [0, 0.05) is 25.5 Å². The summed E-state index contributed by atoms with van der Waals surface area (Å²) >= 11 is 0. The lowest BCUT2D eigenvalue weighted by Crippen LogP contribution is -2.27. The van der Waals surface area contributed by atoms with E-state index in [2.05, 4.69) is 4.98 Å². The van der Waals surface area contributed by atoms with Crippen LogP contribution in [0, 0.1) is 15.9 Å². The molecule has 0 unspecified atom stereocenters. The standard InChI is InChI=1S/C14H14FN3O3/c15-12-3-4-13(14(8-12)18(20)21)17(6-7-19)10-11-2-1-5-16-9-11/h1-5,8-9,19H,6-7,10H2. The number of nitro benzene ring substituents is 1. The molecular formula is C14H14FN3O3. The van der Waals surface area contributed by atoms with E-state index in [-0.39, 0.29) is 24.5 Å². The van der Waals surface area contributed by atoms with Crippen LogP contribution in [0.3, 0.4) is 0 Å². The van der Waals surface area contributed by atoms with Crippen molar-refractivity contribution in [1.82, 2.24) is 4.98 Å². The van der Waals surface area contributed by atoms with Crippen molar-refractivity contribution in [1.29, 1.82) is 0 Å². The number of aromatic nitrogens is 1. The van der Waals surface area contributed by atoms with Gasteiger partial charge in [-0.1, -0.05) is 6.07 Å². The number of anilines is 1. The Kier molecular flexibility index (Phi) is 4.78. The summed E-state index contributed by atoms with van der Waals surface area (Å²) in [5, 5.41) is 20.2. The predicted octanol–water partition coefficient (Wildman–Crippen LogP) is 2.13. The number of aliphatic hydroxyl groups excluding tert-OH is 1. The van der Waals surface area contributed by atoms with Crippen molar-refractivity contribution in [3.05, 3.63) is 64.2 Å². The maximum Gasteiger partial charge on any atom is 0.295 e. The Hall–Kier alpha value is -2.54. The number of aliphatic hydroxyl groups is 1. The van der Waals surface area contributed by atoms with Gasteiger partial charge in [0.1, 0.15) is 11.5 Å². The van der Waals surface area contributed by atoms with Gasteiger partial charge in [0.25, 0.3) is 5.69 Å². The lowest BCUT2D eigenvalue weighted by molar-refractivity contribution is -0.384. The van der Waals surface area contributed by atoms with Crippen LogP contribution in [-0.2, 0) is 6.54 Å². The molecule has 0 aliphatic heterocycles. The van der Waals surface area contributed by atoms with Gasteiger partial charge in [-0.3, -0.25) is 15.1 Å². The third kappa shape index (κ3) is 3.73. The molecule has 0 spiro atoms. The van der Waals surface area contributed by atoms with E-state index in [1.807, 2.05) is 6.07 Å². The van der Waals surface area contributed by atoms with Gasteiger partial charge < -0.3 is 10.0 Å². The van der Waals surface area contributed by atoms with Crippen LogP contribution in [0.5, 0.6) is 0 Å². The maximum absolute atomic E-state index is 13.2. The van der Waals surface area contributed by atoms with Gasteiger partial charge in [0.15, 0.2) is 0 Å². The van der Waals surface area contributed by atoms with Crippen molar-refractivity contribution in [3.63, 3.8) is 0 Å². The number of pyridine rings is 1. The first-order chi connectivity index (χ1) is 10.1. The molecule has 21 heavy (non-hydrogen) atoms. The van der Waals surface area contributed by atoms with Crippen molar-refractivity contribution in [2.45, 2.75) is 6.54 Å². The van der Waals surface area contributed by atoms with E-state index >= 15 is 0 Å². The minimum absolute atomic E-state index is 0.172. The van der Waals surface area contributed by atoms with Crippen LogP contribution in [0.15, 0.2) is 42.7 Å². The van der Waals surface area contributed by atoms with Gasteiger partial charge in [0.05, 0.1) is 17.6 Å². The van der Waals surface area contributed by atoms with E-state index in [4.69, 9.17) is 5.11 Å². The third-order valence-corrected chi connectivity index (χ3v) is 2.94. The summed E-state index contributed by atoms with van der Waals surface area (Å²) in [4.78, 5) is 16.0. The predicted molar refractivity (Wildman–Crippen MR) is 75.4 cm³/mol. The van der Waals surface area contributed by atoms with Crippen molar-refractivity contribution in [3.8, 4) is 0 Å². The second kappa shape index (κ2) is 6.76. The fourth-order valence-corrected chi connectivity index (χ4v) is 2.03. The molecule has 0 radical (unpaired) electrons. The summed E-state index contributed by atoms with van der Waals surface area (Å²) in [6.45, 7) is 0.358. The van der Waals surface area contributed by atoms with Crippen LogP contribution >= 0.6 is 0 Å². The molecule has 2 rings (SSSR count). The molecule has 0 aliphatic carbocycles. The lowest BCUT2D eigenvalue weighted by atomic mass is 10.2. The first-order valence-corrected chi connectivity index (χ1v) is 6.30. The summed E-state index contributed by atoms with van der Waals surface area (Å²) in [6, 6.07) is 6.97. The van der Waals surface area contributed by atoms with Crippen LogP contribution < -0.4 is 4.90 Å². The molecule has 0 saturated heterocycles. The Bertz CT molecular complexity index is 622. The number of rotatable bonds is 6. The van der Waals surface area contributed by atoms with Gasteiger partial charge in [-0.05, 0) is 23.8 Å². The largest absolute Gasteiger partial charge is 0.395 e. The number of hydrogen-bond donors (Lipinski definition) is 1. The number of benzene rings is 1. The second-order valence-electron chi connectivity index (χ2n) is 4.40. The molecule has 0 fully saturated rings. The minimum Gasteiger partial charge on any atom is -0.395 e. The summed E-state index contributed by atoms with van der Waals surface area (Å²) in [5.74, 6) is -0.671. The van der Waals surface area contributed by atoms with E-state index < -0.39 is 10.7 Å². The zero-order chi connectivity index (χ0) is 15.2. The molecule has 1 aromatic heterocycles. The number of nitro groups is 1. The fraction of sp³-hybridized carbons (Fsp3) is 0.214. The van der Waals surface area contributed by atoms with Crippen LogP contribution in [-0.4, -0.2) is 28.2 Å². The maximum atomic E-state index is 13.2. The molecule has 1 N–H and O–H groups in total. The zero-order valence-corrected chi connectivity index (χ0v) is 11.1. The lowest BCUT2D eigenvalue weighted by Gasteiger charge is -2.23. The molecule has 6 nitrogen and oxygen atoms in total. The highest BCUT2D eigenvalue weighted by Crippen LogP contribution is 2.29. The Morgan fingerprint density at radius 2 is 2.19 bits per heavy atom. The van der Waals surface area contributed by atoms with Crippen LogP contribution in [0.1, 0.15) is 5.56 Å². The molecule has 110 valence electrons. The molecular weight excluding hydrogens is 277 g/mol. The van der Waals surface area contributed by atoms with Crippen LogP contribution in [0.25, 0.3) is 0 Å². The molecule has 0 saturated carbocycles. The molecule has 0 atom stereocenters. The average Bonchev–Trinajstić information content (AvgIpc) is 2.48. The summed E-state index contributed by atoms with van der Waals surface area (Å²) < 4.78 is 13.2. The zero-order valence-electron chi connectivity index (χ0n) is 11.1. The number of nitrogens with zero attached hydrogens (tertiary/aromatic N) is 3. The minimum atomic E-state index is -0.671. The molecule has 0 bridgehead atoms. The Balaban J connectivity index is 2.36. The summed E-state index contributed by atoms with van der Waals surface area (Å²) in [6.07, 6.45) is 3.26. The first kappa shape index (κ1) is 14.9. The highest BCUT2D eigenvalue weighted by atomic mass is 19.1. The summed E-state index contributed by atoms with van der Waals surface area (Å²) in [7, 11) is 0. The molecule has 0 aliphatic rings. The SMILES string of the molecule is O=[N+]([O-])c1cc(F)ccc1N(CCO)Cc1cccnc1. The monoisotopic (exact) mass is 291 g/mol.